The second-order valence-electron chi connectivity index (χ2n) is 5.78. The van der Waals surface area contributed by atoms with Crippen molar-refractivity contribution in [1.82, 2.24) is 4.57 Å². The van der Waals surface area contributed by atoms with Gasteiger partial charge < -0.3 is 9.88 Å². The number of aryl methyl sites for hydroxylation is 1. The van der Waals surface area contributed by atoms with Crippen LogP contribution in [0, 0.1) is 6.92 Å². The highest BCUT2D eigenvalue weighted by molar-refractivity contribution is 9.10. The molecule has 126 valence electrons. The average Bonchev–Trinajstić information content (AvgIpc) is 2.60. The first kappa shape index (κ1) is 17.2. The maximum absolute atomic E-state index is 12.5. The average molecular weight is 397 g/mol. The summed E-state index contributed by atoms with van der Waals surface area (Å²) in [5, 5.41) is 2.88. The zero-order valence-electron chi connectivity index (χ0n) is 13.7. The second-order valence-corrected chi connectivity index (χ2v) is 6.70. The number of carbonyl (C=O) groups is 1. The fourth-order valence-electron chi connectivity index (χ4n) is 2.48. The Morgan fingerprint density at radius 1 is 1.04 bits per heavy atom. The third-order valence-corrected chi connectivity index (χ3v) is 4.43. The van der Waals surface area contributed by atoms with Crippen LogP contribution in [0.5, 0.6) is 0 Å². The Labute approximate surface area is 154 Å². The molecule has 0 bridgehead atoms. The van der Waals surface area contributed by atoms with E-state index >= 15 is 0 Å². The minimum Gasteiger partial charge on any atom is -0.322 e. The standard InChI is InChI=1S/C20H17BrN2O2/c1-14-4-2-3-5-18(14)22-20(25)16-8-11-19(24)23(13-16)12-15-6-9-17(21)10-7-15/h2-11,13H,12H2,1H3,(H,22,25). The summed E-state index contributed by atoms with van der Waals surface area (Å²) in [6, 6.07) is 18.3. The van der Waals surface area contributed by atoms with Crippen molar-refractivity contribution in [2.75, 3.05) is 5.32 Å². The summed E-state index contributed by atoms with van der Waals surface area (Å²) in [6.07, 6.45) is 1.60. The zero-order chi connectivity index (χ0) is 17.8. The molecule has 0 saturated heterocycles. The predicted molar refractivity (Wildman–Crippen MR) is 103 cm³/mol. The monoisotopic (exact) mass is 396 g/mol. The number of amides is 1. The highest BCUT2D eigenvalue weighted by Crippen LogP contribution is 2.15. The van der Waals surface area contributed by atoms with Gasteiger partial charge in [-0.3, -0.25) is 9.59 Å². The van der Waals surface area contributed by atoms with Crippen LogP contribution in [0.2, 0.25) is 0 Å². The van der Waals surface area contributed by atoms with Crippen LogP contribution in [0.25, 0.3) is 0 Å². The molecule has 1 amide bonds. The molecular weight excluding hydrogens is 380 g/mol. The van der Waals surface area contributed by atoms with Gasteiger partial charge in [0.05, 0.1) is 12.1 Å². The largest absolute Gasteiger partial charge is 0.322 e. The maximum atomic E-state index is 12.5. The number of nitrogens with one attached hydrogen (secondary N) is 1. The molecule has 0 aliphatic carbocycles. The number of halogens is 1. The number of benzene rings is 2. The first-order valence-electron chi connectivity index (χ1n) is 7.85. The van der Waals surface area contributed by atoms with E-state index in [9.17, 15) is 9.59 Å². The molecule has 1 N–H and O–H groups in total. The van der Waals surface area contributed by atoms with Crippen LogP contribution in [0.4, 0.5) is 5.69 Å². The molecule has 3 rings (SSSR count). The van der Waals surface area contributed by atoms with Crippen molar-refractivity contribution in [3.05, 3.63) is 98.4 Å². The zero-order valence-corrected chi connectivity index (χ0v) is 15.3. The number of pyridine rings is 1. The lowest BCUT2D eigenvalue weighted by molar-refractivity contribution is 0.102. The van der Waals surface area contributed by atoms with Gasteiger partial charge in [-0.05, 0) is 42.3 Å². The SMILES string of the molecule is Cc1ccccc1NC(=O)c1ccc(=O)n(Cc2ccc(Br)cc2)c1. The van der Waals surface area contributed by atoms with Crippen LogP contribution in [0.1, 0.15) is 21.5 Å². The van der Waals surface area contributed by atoms with Gasteiger partial charge in [0.25, 0.3) is 11.5 Å². The highest BCUT2D eigenvalue weighted by Gasteiger charge is 2.09. The van der Waals surface area contributed by atoms with E-state index in [1.165, 1.54) is 10.6 Å². The molecule has 0 aliphatic heterocycles. The first-order valence-corrected chi connectivity index (χ1v) is 8.64. The van der Waals surface area contributed by atoms with Crippen LogP contribution < -0.4 is 10.9 Å². The van der Waals surface area contributed by atoms with Gasteiger partial charge >= 0.3 is 0 Å². The lowest BCUT2D eigenvalue weighted by Crippen LogP contribution is -2.22. The molecule has 0 radical (unpaired) electrons. The number of hydrogen-bond acceptors (Lipinski definition) is 2. The Bertz CT molecular complexity index is 962. The van der Waals surface area contributed by atoms with Gasteiger partial charge in [0, 0.05) is 22.4 Å². The van der Waals surface area contributed by atoms with Gasteiger partial charge in [-0.2, -0.15) is 0 Å². The van der Waals surface area contributed by atoms with Crippen molar-refractivity contribution >= 4 is 27.5 Å². The predicted octanol–water partition coefficient (Wildman–Crippen LogP) is 4.22. The maximum Gasteiger partial charge on any atom is 0.257 e. The number of nitrogens with zero attached hydrogens (tertiary/aromatic N) is 1. The van der Waals surface area contributed by atoms with Crippen LogP contribution in [0.15, 0.2) is 76.1 Å². The number of hydrogen-bond donors (Lipinski definition) is 1. The summed E-state index contributed by atoms with van der Waals surface area (Å²) in [7, 11) is 0. The van der Waals surface area contributed by atoms with Crippen molar-refractivity contribution < 1.29 is 4.79 Å². The molecule has 3 aromatic rings. The number of aromatic nitrogens is 1. The van der Waals surface area contributed by atoms with Gasteiger partial charge in [0.2, 0.25) is 0 Å². The molecule has 2 aromatic carbocycles. The summed E-state index contributed by atoms with van der Waals surface area (Å²) in [5.41, 5.74) is 3.04. The molecule has 1 heterocycles. The molecule has 0 atom stereocenters. The van der Waals surface area contributed by atoms with E-state index in [2.05, 4.69) is 21.2 Å². The van der Waals surface area contributed by atoms with Crippen molar-refractivity contribution in [2.45, 2.75) is 13.5 Å². The van der Waals surface area contributed by atoms with E-state index < -0.39 is 0 Å². The Morgan fingerprint density at radius 2 is 1.76 bits per heavy atom. The number of anilines is 1. The normalized spacial score (nSPS) is 10.5. The van der Waals surface area contributed by atoms with Crippen molar-refractivity contribution in [3.63, 3.8) is 0 Å². The van der Waals surface area contributed by atoms with Gasteiger partial charge in [-0.1, -0.05) is 46.3 Å². The van der Waals surface area contributed by atoms with E-state index in [1.54, 1.807) is 12.3 Å². The van der Waals surface area contributed by atoms with Crippen LogP contribution in [-0.4, -0.2) is 10.5 Å². The van der Waals surface area contributed by atoms with E-state index in [-0.39, 0.29) is 11.5 Å². The van der Waals surface area contributed by atoms with Crippen LogP contribution >= 0.6 is 15.9 Å². The highest BCUT2D eigenvalue weighted by atomic mass is 79.9. The molecule has 25 heavy (non-hydrogen) atoms. The van der Waals surface area contributed by atoms with E-state index in [0.29, 0.717) is 12.1 Å². The number of rotatable bonds is 4. The fraction of sp³-hybridized carbons (Fsp3) is 0.100. The molecule has 0 saturated carbocycles. The van der Waals surface area contributed by atoms with E-state index in [0.717, 1.165) is 21.3 Å². The van der Waals surface area contributed by atoms with Crippen molar-refractivity contribution in [1.29, 1.82) is 0 Å². The van der Waals surface area contributed by atoms with Gasteiger partial charge in [-0.25, -0.2) is 0 Å². The molecular formula is C20H17BrN2O2. The summed E-state index contributed by atoms with van der Waals surface area (Å²) in [6.45, 7) is 2.35. The van der Waals surface area contributed by atoms with Gasteiger partial charge in [-0.15, -0.1) is 0 Å². The van der Waals surface area contributed by atoms with E-state index in [1.807, 2.05) is 55.5 Å². The van der Waals surface area contributed by atoms with Crippen molar-refractivity contribution in [3.8, 4) is 0 Å². The van der Waals surface area contributed by atoms with Gasteiger partial charge in [0.15, 0.2) is 0 Å². The summed E-state index contributed by atoms with van der Waals surface area (Å²) >= 11 is 3.39. The summed E-state index contributed by atoms with van der Waals surface area (Å²) < 4.78 is 2.52. The molecule has 0 unspecified atom stereocenters. The molecule has 5 heteroatoms. The first-order chi connectivity index (χ1) is 12.0. The Morgan fingerprint density at radius 3 is 2.48 bits per heavy atom. The molecule has 4 nitrogen and oxygen atoms in total. The quantitative estimate of drug-likeness (QED) is 0.717. The summed E-state index contributed by atoms with van der Waals surface area (Å²) in [5.74, 6) is -0.237. The number of para-hydroxylation sites is 1. The Balaban J connectivity index is 1.83. The van der Waals surface area contributed by atoms with Crippen LogP contribution in [-0.2, 0) is 6.54 Å². The second kappa shape index (κ2) is 7.49. The minimum absolute atomic E-state index is 0.143. The third-order valence-electron chi connectivity index (χ3n) is 3.91. The minimum atomic E-state index is -0.237. The molecule has 0 fully saturated rings. The topological polar surface area (TPSA) is 51.1 Å². The molecule has 0 aliphatic rings. The Kier molecular flexibility index (Phi) is 5.14. The van der Waals surface area contributed by atoms with E-state index in [4.69, 9.17) is 0 Å². The lowest BCUT2D eigenvalue weighted by Gasteiger charge is -2.10. The number of carbonyl (C=O) groups excluding carboxylic acids is 1. The van der Waals surface area contributed by atoms with Crippen LogP contribution in [0.3, 0.4) is 0 Å². The molecule has 1 aromatic heterocycles. The van der Waals surface area contributed by atoms with Crippen molar-refractivity contribution in [2.24, 2.45) is 0 Å². The smallest absolute Gasteiger partial charge is 0.257 e. The fourth-order valence-corrected chi connectivity index (χ4v) is 2.75. The molecule has 0 spiro atoms. The third kappa shape index (κ3) is 4.25. The Hall–Kier alpha value is -2.66. The summed E-state index contributed by atoms with van der Waals surface area (Å²) in [4.78, 5) is 24.6. The van der Waals surface area contributed by atoms with Gasteiger partial charge in [0.1, 0.15) is 0 Å². The lowest BCUT2D eigenvalue weighted by atomic mass is 10.2.